The van der Waals surface area contributed by atoms with Crippen molar-refractivity contribution in [2.24, 2.45) is 7.05 Å². The third kappa shape index (κ3) is 1.96. The lowest BCUT2D eigenvalue weighted by atomic mass is 10.1. The third-order valence-corrected chi connectivity index (χ3v) is 2.71. The van der Waals surface area contributed by atoms with E-state index in [2.05, 4.69) is 62.0 Å². The van der Waals surface area contributed by atoms with E-state index < -0.39 is 0 Å². The molecule has 1 heterocycles. The predicted octanol–water partition coefficient (Wildman–Crippen LogP) is 3.69. The zero-order chi connectivity index (χ0) is 10.8. The molecule has 0 bridgehead atoms. The van der Waals surface area contributed by atoms with Gasteiger partial charge in [0.1, 0.15) is 0 Å². The number of fused-ring (bicyclic) bond motifs is 1. The average molecular weight is 199 g/mol. The van der Waals surface area contributed by atoms with Gasteiger partial charge < -0.3 is 4.57 Å². The van der Waals surface area contributed by atoms with Crippen molar-refractivity contribution in [3.63, 3.8) is 0 Å². The maximum Gasteiger partial charge on any atom is 0.0513 e. The van der Waals surface area contributed by atoms with Crippen LogP contribution in [-0.2, 0) is 13.5 Å². The molecule has 0 unspecified atom stereocenters. The maximum atomic E-state index is 2.28. The number of benzene rings is 1. The van der Waals surface area contributed by atoms with E-state index in [1.807, 2.05) is 0 Å². The van der Waals surface area contributed by atoms with Gasteiger partial charge in [0.2, 0.25) is 0 Å². The van der Waals surface area contributed by atoms with Crippen LogP contribution in [0, 0.1) is 0 Å². The van der Waals surface area contributed by atoms with E-state index in [4.69, 9.17) is 0 Å². The zero-order valence-electron chi connectivity index (χ0n) is 9.62. The van der Waals surface area contributed by atoms with Crippen molar-refractivity contribution in [3.8, 4) is 0 Å². The van der Waals surface area contributed by atoms with Crippen LogP contribution in [-0.4, -0.2) is 4.57 Å². The minimum absolute atomic E-state index is 1.03. The monoisotopic (exact) mass is 199 g/mol. The second kappa shape index (κ2) is 3.93. The van der Waals surface area contributed by atoms with E-state index in [1.54, 1.807) is 0 Å². The largest absolute Gasteiger partial charge is 0.350 e. The fourth-order valence-corrected chi connectivity index (χ4v) is 1.92. The van der Waals surface area contributed by atoms with Crippen molar-refractivity contribution >= 4 is 10.9 Å². The van der Waals surface area contributed by atoms with Crippen LogP contribution in [0.5, 0.6) is 0 Å². The Labute approximate surface area is 91.0 Å². The summed E-state index contributed by atoms with van der Waals surface area (Å²) in [5.74, 6) is 0. The molecule has 0 amide bonds. The molecule has 0 aliphatic carbocycles. The highest BCUT2D eigenvalue weighted by molar-refractivity contribution is 5.83. The van der Waals surface area contributed by atoms with E-state index in [1.165, 1.54) is 22.0 Å². The molecule has 0 radical (unpaired) electrons. The molecule has 0 atom stereocenters. The van der Waals surface area contributed by atoms with Gasteiger partial charge in [0.05, 0.1) is 5.52 Å². The quantitative estimate of drug-likeness (QED) is 0.650. The molecule has 0 aliphatic heterocycles. The minimum atomic E-state index is 1.03. The highest BCUT2D eigenvalue weighted by Crippen LogP contribution is 2.20. The summed E-state index contributed by atoms with van der Waals surface area (Å²) < 4.78 is 2.20. The number of hydrogen-bond acceptors (Lipinski definition) is 0. The molecule has 1 aromatic heterocycles. The zero-order valence-corrected chi connectivity index (χ0v) is 9.62. The van der Waals surface area contributed by atoms with Crippen LogP contribution in [0.2, 0.25) is 0 Å². The summed E-state index contributed by atoms with van der Waals surface area (Å²) in [7, 11) is 2.11. The second-order valence-electron chi connectivity index (χ2n) is 4.27. The van der Waals surface area contributed by atoms with Crippen molar-refractivity contribution in [2.75, 3.05) is 0 Å². The first-order valence-corrected chi connectivity index (χ1v) is 5.35. The molecule has 15 heavy (non-hydrogen) atoms. The number of aryl methyl sites for hydroxylation is 1. The van der Waals surface area contributed by atoms with Crippen LogP contribution < -0.4 is 0 Å². The molecule has 0 aliphatic rings. The Hall–Kier alpha value is -1.50. The molecule has 0 spiro atoms. The van der Waals surface area contributed by atoms with Gasteiger partial charge in [-0.1, -0.05) is 29.8 Å². The van der Waals surface area contributed by atoms with Gasteiger partial charge in [-0.2, -0.15) is 0 Å². The van der Waals surface area contributed by atoms with Crippen LogP contribution in [0.3, 0.4) is 0 Å². The number of aromatic nitrogens is 1. The summed E-state index contributed by atoms with van der Waals surface area (Å²) >= 11 is 0. The lowest BCUT2D eigenvalue weighted by Gasteiger charge is -2.03. The van der Waals surface area contributed by atoms with Crippen molar-refractivity contribution in [1.29, 1.82) is 0 Å². The lowest BCUT2D eigenvalue weighted by Crippen LogP contribution is -1.91. The van der Waals surface area contributed by atoms with Gasteiger partial charge in [0.25, 0.3) is 0 Å². The Bertz CT molecular complexity index is 499. The minimum Gasteiger partial charge on any atom is -0.350 e. The molecule has 78 valence electrons. The molecule has 0 fully saturated rings. The number of hydrogen-bond donors (Lipinski definition) is 0. The van der Waals surface area contributed by atoms with Crippen LogP contribution in [0.25, 0.3) is 10.9 Å². The Morgan fingerprint density at radius 2 is 2.07 bits per heavy atom. The lowest BCUT2D eigenvalue weighted by molar-refractivity contribution is 0.960. The van der Waals surface area contributed by atoms with Gasteiger partial charge in [-0.3, -0.25) is 0 Å². The van der Waals surface area contributed by atoms with Crippen LogP contribution in [0.1, 0.15) is 19.4 Å². The Kier molecular flexibility index (Phi) is 2.63. The average Bonchev–Trinajstić information content (AvgIpc) is 2.58. The summed E-state index contributed by atoms with van der Waals surface area (Å²) in [4.78, 5) is 0. The van der Waals surface area contributed by atoms with Gasteiger partial charge in [0.15, 0.2) is 0 Å². The van der Waals surface area contributed by atoms with E-state index in [9.17, 15) is 0 Å². The highest BCUT2D eigenvalue weighted by Gasteiger charge is 2.02. The van der Waals surface area contributed by atoms with Gasteiger partial charge in [-0.05, 0) is 37.3 Å². The van der Waals surface area contributed by atoms with Gasteiger partial charge in [0, 0.05) is 13.2 Å². The topological polar surface area (TPSA) is 4.93 Å². The van der Waals surface area contributed by atoms with E-state index in [0.29, 0.717) is 0 Å². The Balaban J connectivity index is 2.50. The smallest absolute Gasteiger partial charge is 0.0513 e. The molecule has 2 aromatic rings. The number of nitrogens with zero attached hydrogens (tertiary/aromatic N) is 1. The molecular weight excluding hydrogens is 182 g/mol. The molecule has 2 rings (SSSR count). The predicted molar refractivity (Wildman–Crippen MR) is 66.1 cm³/mol. The van der Waals surface area contributed by atoms with Crippen molar-refractivity contribution in [3.05, 3.63) is 47.7 Å². The molecule has 1 nitrogen and oxygen atoms in total. The molecule has 1 heteroatoms. The second-order valence-corrected chi connectivity index (χ2v) is 4.27. The third-order valence-electron chi connectivity index (χ3n) is 2.71. The van der Waals surface area contributed by atoms with Gasteiger partial charge in [-0.25, -0.2) is 0 Å². The van der Waals surface area contributed by atoms with Crippen molar-refractivity contribution in [1.82, 2.24) is 4.57 Å². The van der Waals surface area contributed by atoms with Crippen molar-refractivity contribution in [2.45, 2.75) is 20.3 Å². The van der Waals surface area contributed by atoms with Crippen LogP contribution in [0.4, 0.5) is 0 Å². The Morgan fingerprint density at radius 1 is 1.27 bits per heavy atom. The van der Waals surface area contributed by atoms with E-state index in [-0.39, 0.29) is 0 Å². The van der Waals surface area contributed by atoms with Gasteiger partial charge >= 0.3 is 0 Å². The Morgan fingerprint density at radius 3 is 2.80 bits per heavy atom. The fraction of sp³-hybridized carbons (Fsp3) is 0.286. The summed E-state index contributed by atoms with van der Waals surface area (Å²) in [5.41, 5.74) is 4.14. The summed E-state index contributed by atoms with van der Waals surface area (Å²) in [6, 6.07) is 8.68. The standard InChI is InChI=1S/C14H17N/c1-11(2)7-8-12-5-4-6-13-9-10-15(3)14(12)13/h4-7,9-10H,8H2,1-3H3. The number of allylic oxidation sites excluding steroid dienone is 2. The summed E-state index contributed by atoms with van der Waals surface area (Å²) in [6.45, 7) is 4.29. The van der Waals surface area contributed by atoms with Gasteiger partial charge in [-0.15, -0.1) is 0 Å². The van der Waals surface area contributed by atoms with Crippen LogP contribution in [0.15, 0.2) is 42.1 Å². The van der Waals surface area contributed by atoms with E-state index >= 15 is 0 Å². The number of rotatable bonds is 2. The fourth-order valence-electron chi connectivity index (χ4n) is 1.92. The molecule has 1 aromatic carbocycles. The first-order valence-electron chi connectivity index (χ1n) is 5.35. The maximum absolute atomic E-state index is 2.28. The van der Waals surface area contributed by atoms with E-state index in [0.717, 1.165) is 6.42 Å². The first-order chi connectivity index (χ1) is 7.18. The van der Waals surface area contributed by atoms with Crippen molar-refractivity contribution < 1.29 is 0 Å². The summed E-state index contributed by atoms with van der Waals surface area (Å²) in [5, 5.41) is 1.33. The molecular formula is C14H17N. The van der Waals surface area contributed by atoms with Crippen LogP contribution >= 0.6 is 0 Å². The molecule has 0 saturated carbocycles. The summed E-state index contributed by atoms with van der Waals surface area (Å²) in [6.07, 6.45) is 5.43. The number of para-hydroxylation sites is 1. The SMILES string of the molecule is CC(C)=CCc1cccc2ccn(C)c12. The normalized spacial score (nSPS) is 10.6. The molecule has 0 N–H and O–H groups in total. The molecule has 0 saturated heterocycles. The first kappa shape index (κ1) is 10.0. The highest BCUT2D eigenvalue weighted by atomic mass is 14.9.